The summed E-state index contributed by atoms with van der Waals surface area (Å²) in [5.41, 5.74) is 0. The molecule has 1 aliphatic rings. The third-order valence-corrected chi connectivity index (χ3v) is 4.97. The molecule has 0 aromatic carbocycles. The predicted molar refractivity (Wildman–Crippen MR) is 107 cm³/mol. The Labute approximate surface area is 165 Å². The number of piperidine rings is 1. The van der Waals surface area contributed by atoms with Crippen molar-refractivity contribution < 1.29 is 14.3 Å². The van der Waals surface area contributed by atoms with Gasteiger partial charge in [0, 0.05) is 40.0 Å². The van der Waals surface area contributed by atoms with Gasteiger partial charge >= 0.3 is 0 Å². The summed E-state index contributed by atoms with van der Waals surface area (Å²) in [4.78, 5) is 36.6. The van der Waals surface area contributed by atoms with Crippen LogP contribution in [-0.4, -0.2) is 78.0 Å². The van der Waals surface area contributed by atoms with E-state index < -0.39 is 6.04 Å². The Morgan fingerprint density at radius 3 is 2.81 bits per heavy atom. The number of anilines is 1. The summed E-state index contributed by atoms with van der Waals surface area (Å²) in [6, 6.07) is -0.484. The molecule has 8 nitrogen and oxygen atoms in total. The Hall–Kier alpha value is -2.03. The Bertz CT molecular complexity index is 643. The Kier molecular flexibility index (Phi) is 8.15. The van der Waals surface area contributed by atoms with Crippen molar-refractivity contribution >= 4 is 29.4 Å². The minimum absolute atomic E-state index is 0.0421. The maximum atomic E-state index is 12.9. The Morgan fingerprint density at radius 1 is 1.41 bits per heavy atom. The molecule has 0 saturated carbocycles. The molecule has 1 saturated heterocycles. The Morgan fingerprint density at radius 2 is 2.15 bits per heavy atom. The molecule has 1 aliphatic heterocycles. The van der Waals surface area contributed by atoms with Crippen molar-refractivity contribution in [2.24, 2.45) is 0 Å². The van der Waals surface area contributed by atoms with Crippen LogP contribution < -0.4 is 15.0 Å². The molecular weight excluding hydrogens is 366 g/mol. The van der Waals surface area contributed by atoms with E-state index in [4.69, 9.17) is 4.74 Å². The van der Waals surface area contributed by atoms with Gasteiger partial charge in [0.1, 0.15) is 12.1 Å². The molecule has 150 valence electrons. The molecule has 27 heavy (non-hydrogen) atoms. The van der Waals surface area contributed by atoms with Gasteiger partial charge in [-0.05, 0) is 31.3 Å². The van der Waals surface area contributed by atoms with E-state index in [0.29, 0.717) is 31.2 Å². The lowest BCUT2D eigenvalue weighted by Gasteiger charge is -2.35. The summed E-state index contributed by atoms with van der Waals surface area (Å²) in [5.74, 6) is 1.73. The molecule has 1 aromatic rings. The molecule has 2 atom stereocenters. The number of nitrogens with zero attached hydrogens (tertiary/aromatic N) is 4. The van der Waals surface area contributed by atoms with Crippen molar-refractivity contribution in [3.63, 3.8) is 0 Å². The number of nitrogens with one attached hydrogen (secondary N) is 1. The van der Waals surface area contributed by atoms with Crippen LogP contribution in [0, 0.1) is 0 Å². The van der Waals surface area contributed by atoms with Crippen LogP contribution in [0.2, 0.25) is 0 Å². The van der Waals surface area contributed by atoms with E-state index in [1.165, 1.54) is 6.92 Å². The first-order valence-electron chi connectivity index (χ1n) is 9.12. The van der Waals surface area contributed by atoms with Crippen molar-refractivity contribution in [2.75, 3.05) is 44.1 Å². The Balaban J connectivity index is 2.03. The molecule has 0 unspecified atom stereocenters. The monoisotopic (exact) mass is 395 g/mol. The predicted octanol–water partition coefficient (Wildman–Crippen LogP) is 1.17. The highest BCUT2D eigenvalue weighted by atomic mass is 32.2. The lowest BCUT2D eigenvalue weighted by Crippen LogP contribution is -2.53. The molecule has 0 aliphatic carbocycles. The number of thioether (sulfide) groups is 1. The standard InChI is InChI=1S/C18H29N5O3S/c1-13(24)21-15(7-11-27-4)18(25)23-10-5-6-14(12-23)26-17-16(22(2)3)19-8-9-20-17/h8-9,14-15H,5-7,10-12H2,1-4H3,(H,21,24)/t14-,15+/m1/s1. The number of carbonyl (C=O) groups is 2. The highest BCUT2D eigenvalue weighted by Crippen LogP contribution is 2.24. The van der Waals surface area contributed by atoms with Crippen molar-refractivity contribution in [1.82, 2.24) is 20.2 Å². The minimum atomic E-state index is -0.484. The summed E-state index contributed by atoms with van der Waals surface area (Å²) >= 11 is 1.66. The fourth-order valence-corrected chi connectivity index (χ4v) is 3.53. The van der Waals surface area contributed by atoms with E-state index in [1.807, 2.05) is 25.3 Å². The lowest BCUT2D eigenvalue weighted by atomic mass is 10.1. The van der Waals surface area contributed by atoms with Crippen molar-refractivity contribution in [2.45, 2.75) is 38.3 Å². The molecule has 9 heteroatoms. The summed E-state index contributed by atoms with van der Waals surface area (Å²) in [6.45, 7) is 2.60. The molecule has 0 bridgehead atoms. The molecule has 1 aromatic heterocycles. The molecule has 0 radical (unpaired) electrons. The van der Waals surface area contributed by atoms with E-state index in [2.05, 4.69) is 15.3 Å². The molecular formula is C18H29N5O3S. The van der Waals surface area contributed by atoms with Crippen LogP contribution in [0.1, 0.15) is 26.2 Å². The van der Waals surface area contributed by atoms with Crippen molar-refractivity contribution in [3.05, 3.63) is 12.4 Å². The average Bonchev–Trinajstić information content (AvgIpc) is 2.64. The molecule has 2 rings (SSSR count). The lowest BCUT2D eigenvalue weighted by molar-refractivity contribution is -0.138. The number of carbonyl (C=O) groups excluding carboxylic acids is 2. The van der Waals surface area contributed by atoms with Gasteiger partial charge in [-0.3, -0.25) is 9.59 Å². The van der Waals surface area contributed by atoms with Crippen LogP contribution >= 0.6 is 11.8 Å². The van der Waals surface area contributed by atoms with Crippen molar-refractivity contribution in [3.8, 4) is 5.88 Å². The van der Waals surface area contributed by atoms with Crippen LogP contribution in [0.3, 0.4) is 0 Å². The first kappa shape index (κ1) is 21.3. The van der Waals surface area contributed by atoms with E-state index in [9.17, 15) is 9.59 Å². The second-order valence-electron chi connectivity index (χ2n) is 6.78. The minimum Gasteiger partial charge on any atom is -0.470 e. The van der Waals surface area contributed by atoms with Gasteiger partial charge in [-0.25, -0.2) is 9.97 Å². The molecule has 1 fully saturated rings. The van der Waals surface area contributed by atoms with Gasteiger partial charge in [-0.1, -0.05) is 0 Å². The number of rotatable bonds is 8. The zero-order chi connectivity index (χ0) is 19.8. The fraction of sp³-hybridized carbons (Fsp3) is 0.667. The zero-order valence-corrected chi connectivity index (χ0v) is 17.3. The van der Waals surface area contributed by atoms with Gasteiger partial charge in [0.2, 0.25) is 11.8 Å². The highest BCUT2D eigenvalue weighted by Gasteiger charge is 2.30. The van der Waals surface area contributed by atoms with E-state index in [-0.39, 0.29) is 17.9 Å². The number of hydrogen-bond acceptors (Lipinski definition) is 7. The van der Waals surface area contributed by atoms with E-state index in [1.54, 1.807) is 29.1 Å². The number of likely N-dealkylation sites (tertiary alicyclic amines) is 1. The zero-order valence-electron chi connectivity index (χ0n) is 16.5. The first-order valence-corrected chi connectivity index (χ1v) is 10.5. The summed E-state index contributed by atoms with van der Waals surface area (Å²) < 4.78 is 6.07. The van der Waals surface area contributed by atoms with Gasteiger partial charge in [-0.2, -0.15) is 11.8 Å². The molecule has 2 amide bonds. The number of amides is 2. The largest absolute Gasteiger partial charge is 0.470 e. The maximum Gasteiger partial charge on any atom is 0.257 e. The quantitative estimate of drug-likeness (QED) is 0.707. The third-order valence-electron chi connectivity index (χ3n) is 4.32. The smallest absolute Gasteiger partial charge is 0.257 e. The van der Waals surface area contributed by atoms with Crippen LogP contribution in [0.5, 0.6) is 5.88 Å². The molecule has 1 N–H and O–H groups in total. The summed E-state index contributed by atoms with van der Waals surface area (Å²) in [6.07, 6.45) is 7.40. The summed E-state index contributed by atoms with van der Waals surface area (Å²) in [5, 5.41) is 2.79. The third kappa shape index (κ3) is 6.27. The topological polar surface area (TPSA) is 87.7 Å². The SMILES string of the molecule is CSCC[C@H](NC(C)=O)C(=O)N1CCC[C@@H](Oc2nccnc2N(C)C)C1. The van der Waals surface area contributed by atoms with Gasteiger partial charge in [-0.15, -0.1) is 0 Å². The van der Waals surface area contributed by atoms with Crippen LogP contribution in [0.4, 0.5) is 5.82 Å². The number of aromatic nitrogens is 2. The van der Waals surface area contributed by atoms with E-state index in [0.717, 1.165) is 18.6 Å². The molecule has 2 heterocycles. The first-order chi connectivity index (χ1) is 12.9. The number of ether oxygens (including phenoxy) is 1. The van der Waals surface area contributed by atoms with Gasteiger partial charge in [0.05, 0.1) is 6.54 Å². The second-order valence-corrected chi connectivity index (χ2v) is 7.77. The maximum absolute atomic E-state index is 12.9. The second kappa shape index (κ2) is 10.3. The highest BCUT2D eigenvalue weighted by molar-refractivity contribution is 7.98. The van der Waals surface area contributed by atoms with Gasteiger partial charge in [0.25, 0.3) is 5.88 Å². The van der Waals surface area contributed by atoms with Gasteiger partial charge < -0.3 is 19.9 Å². The van der Waals surface area contributed by atoms with Crippen LogP contribution in [-0.2, 0) is 9.59 Å². The van der Waals surface area contributed by atoms with Crippen LogP contribution in [0.25, 0.3) is 0 Å². The molecule has 0 spiro atoms. The average molecular weight is 396 g/mol. The van der Waals surface area contributed by atoms with Crippen molar-refractivity contribution in [1.29, 1.82) is 0 Å². The van der Waals surface area contributed by atoms with Gasteiger partial charge in [0.15, 0.2) is 5.82 Å². The normalized spacial score (nSPS) is 17.9. The summed E-state index contributed by atoms with van der Waals surface area (Å²) in [7, 11) is 3.77. The van der Waals surface area contributed by atoms with E-state index >= 15 is 0 Å². The fourth-order valence-electron chi connectivity index (χ4n) is 3.06. The van der Waals surface area contributed by atoms with Crippen LogP contribution in [0.15, 0.2) is 12.4 Å². The number of hydrogen-bond donors (Lipinski definition) is 1.